The molecule has 1 fully saturated rings. The number of rotatable bonds is 5. The molecule has 0 atom stereocenters. The summed E-state index contributed by atoms with van der Waals surface area (Å²) in [6.45, 7) is 3.69. The van der Waals surface area contributed by atoms with E-state index in [0.29, 0.717) is 5.56 Å². The third-order valence-electron chi connectivity index (χ3n) is 3.46. The SMILES string of the molecule is CCN(CC1CCC1)c1ncc(F)cc1CO. The summed E-state index contributed by atoms with van der Waals surface area (Å²) in [5.74, 6) is 1.06. The van der Waals surface area contributed by atoms with E-state index in [2.05, 4.69) is 16.8 Å². The lowest BCUT2D eigenvalue weighted by Gasteiger charge is -2.33. The van der Waals surface area contributed by atoms with Gasteiger partial charge in [0.1, 0.15) is 11.6 Å². The highest BCUT2D eigenvalue weighted by atomic mass is 19.1. The van der Waals surface area contributed by atoms with Crippen LogP contribution in [0, 0.1) is 11.7 Å². The van der Waals surface area contributed by atoms with Gasteiger partial charge in [0, 0.05) is 18.7 Å². The molecule has 0 aliphatic heterocycles. The number of aliphatic hydroxyl groups excluding tert-OH is 1. The number of aliphatic hydroxyl groups is 1. The summed E-state index contributed by atoms with van der Waals surface area (Å²) >= 11 is 0. The Labute approximate surface area is 101 Å². The average molecular weight is 238 g/mol. The third kappa shape index (κ3) is 2.75. The molecule has 4 heteroatoms. The molecule has 2 rings (SSSR count). The van der Waals surface area contributed by atoms with Crippen LogP contribution >= 0.6 is 0 Å². The fourth-order valence-corrected chi connectivity index (χ4v) is 2.23. The molecule has 0 unspecified atom stereocenters. The number of aromatic nitrogens is 1. The largest absolute Gasteiger partial charge is 0.392 e. The summed E-state index contributed by atoms with van der Waals surface area (Å²) in [6, 6.07) is 1.37. The Balaban J connectivity index is 2.16. The van der Waals surface area contributed by atoms with Crippen LogP contribution in [0.25, 0.3) is 0 Å². The highest BCUT2D eigenvalue weighted by Crippen LogP contribution is 2.29. The standard InChI is InChI=1S/C13H19FN2O/c1-2-16(8-10-4-3-5-10)13-11(9-17)6-12(14)7-15-13/h6-7,10,17H,2-5,8-9H2,1H3. The van der Waals surface area contributed by atoms with Crippen molar-refractivity contribution in [1.29, 1.82) is 0 Å². The molecule has 0 amide bonds. The molecular formula is C13H19FN2O. The van der Waals surface area contributed by atoms with Gasteiger partial charge in [0.15, 0.2) is 0 Å². The van der Waals surface area contributed by atoms with E-state index in [1.54, 1.807) is 0 Å². The molecule has 0 spiro atoms. The maximum absolute atomic E-state index is 13.0. The van der Waals surface area contributed by atoms with Gasteiger partial charge in [0.2, 0.25) is 0 Å². The zero-order chi connectivity index (χ0) is 12.3. The topological polar surface area (TPSA) is 36.4 Å². The Bertz CT molecular complexity index is 380. The lowest BCUT2D eigenvalue weighted by atomic mass is 9.85. The fourth-order valence-electron chi connectivity index (χ4n) is 2.23. The van der Waals surface area contributed by atoms with Crippen LogP contribution in [0.3, 0.4) is 0 Å². The molecule has 0 radical (unpaired) electrons. The second-order valence-electron chi connectivity index (χ2n) is 4.63. The van der Waals surface area contributed by atoms with Gasteiger partial charge in [0.25, 0.3) is 0 Å². The van der Waals surface area contributed by atoms with Crippen LogP contribution in [0.1, 0.15) is 31.7 Å². The molecule has 94 valence electrons. The minimum atomic E-state index is -0.391. The monoisotopic (exact) mass is 238 g/mol. The summed E-state index contributed by atoms with van der Waals surface area (Å²) in [4.78, 5) is 6.26. The van der Waals surface area contributed by atoms with E-state index < -0.39 is 5.82 Å². The van der Waals surface area contributed by atoms with Crippen molar-refractivity contribution in [3.05, 3.63) is 23.6 Å². The van der Waals surface area contributed by atoms with Crippen molar-refractivity contribution < 1.29 is 9.50 Å². The lowest BCUT2D eigenvalue weighted by Crippen LogP contribution is -2.33. The van der Waals surface area contributed by atoms with Crippen molar-refractivity contribution in [3.63, 3.8) is 0 Å². The smallest absolute Gasteiger partial charge is 0.142 e. The highest BCUT2D eigenvalue weighted by Gasteiger charge is 2.22. The number of halogens is 1. The Hall–Kier alpha value is -1.16. The van der Waals surface area contributed by atoms with Crippen LogP contribution in [0.15, 0.2) is 12.3 Å². The first-order chi connectivity index (χ1) is 8.24. The van der Waals surface area contributed by atoms with Crippen molar-refractivity contribution in [2.75, 3.05) is 18.0 Å². The van der Waals surface area contributed by atoms with Crippen molar-refractivity contribution in [2.24, 2.45) is 5.92 Å². The van der Waals surface area contributed by atoms with E-state index in [1.807, 2.05) is 0 Å². The second-order valence-corrected chi connectivity index (χ2v) is 4.63. The van der Waals surface area contributed by atoms with Crippen LogP contribution < -0.4 is 4.90 Å². The first-order valence-electron chi connectivity index (χ1n) is 6.24. The number of hydrogen-bond donors (Lipinski definition) is 1. The van der Waals surface area contributed by atoms with Crippen molar-refractivity contribution in [2.45, 2.75) is 32.8 Å². The molecule has 1 aromatic heterocycles. The van der Waals surface area contributed by atoms with Gasteiger partial charge in [-0.1, -0.05) is 6.42 Å². The van der Waals surface area contributed by atoms with E-state index in [4.69, 9.17) is 0 Å². The van der Waals surface area contributed by atoms with Crippen LogP contribution in [-0.2, 0) is 6.61 Å². The first kappa shape index (κ1) is 12.3. The van der Waals surface area contributed by atoms with Gasteiger partial charge in [-0.3, -0.25) is 0 Å². The molecule has 0 bridgehead atoms. The zero-order valence-electron chi connectivity index (χ0n) is 10.2. The molecule has 1 aliphatic rings. The summed E-state index contributed by atoms with van der Waals surface area (Å²) < 4.78 is 13.0. The van der Waals surface area contributed by atoms with Crippen molar-refractivity contribution >= 4 is 5.82 Å². The Morgan fingerprint density at radius 3 is 2.82 bits per heavy atom. The van der Waals surface area contributed by atoms with E-state index >= 15 is 0 Å². The maximum Gasteiger partial charge on any atom is 0.142 e. The summed E-state index contributed by atoms with van der Waals surface area (Å²) in [7, 11) is 0. The molecule has 1 aliphatic carbocycles. The van der Waals surface area contributed by atoms with Gasteiger partial charge in [0.05, 0.1) is 12.8 Å². The first-order valence-corrected chi connectivity index (χ1v) is 6.24. The van der Waals surface area contributed by atoms with Crippen LogP contribution in [0.4, 0.5) is 10.2 Å². The van der Waals surface area contributed by atoms with Crippen LogP contribution in [0.5, 0.6) is 0 Å². The summed E-state index contributed by atoms with van der Waals surface area (Å²) in [5.41, 5.74) is 0.575. The molecular weight excluding hydrogens is 219 g/mol. The molecule has 17 heavy (non-hydrogen) atoms. The number of anilines is 1. The number of pyridine rings is 1. The molecule has 0 saturated heterocycles. The summed E-state index contributed by atoms with van der Waals surface area (Å²) in [5, 5.41) is 9.26. The number of hydrogen-bond acceptors (Lipinski definition) is 3. The second kappa shape index (κ2) is 5.45. The third-order valence-corrected chi connectivity index (χ3v) is 3.46. The normalized spacial score (nSPS) is 15.7. The molecule has 1 saturated carbocycles. The summed E-state index contributed by atoms with van der Waals surface area (Å²) in [6.07, 6.45) is 5.07. The molecule has 3 nitrogen and oxygen atoms in total. The average Bonchev–Trinajstić information content (AvgIpc) is 2.29. The molecule has 1 aromatic rings. The Morgan fingerprint density at radius 2 is 2.29 bits per heavy atom. The van der Waals surface area contributed by atoms with Crippen molar-refractivity contribution in [3.8, 4) is 0 Å². The predicted molar refractivity (Wildman–Crippen MR) is 65.3 cm³/mol. The van der Waals surface area contributed by atoms with Gasteiger partial charge >= 0.3 is 0 Å². The highest BCUT2D eigenvalue weighted by molar-refractivity contribution is 5.46. The van der Waals surface area contributed by atoms with E-state index in [-0.39, 0.29) is 6.61 Å². The number of nitrogens with zero attached hydrogens (tertiary/aromatic N) is 2. The molecule has 1 N–H and O–H groups in total. The minimum absolute atomic E-state index is 0.165. The Kier molecular flexibility index (Phi) is 3.94. The van der Waals surface area contributed by atoms with Gasteiger partial charge in [-0.05, 0) is 31.7 Å². The quantitative estimate of drug-likeness (QED) is 0.855. The van der Waals surface area contributed by atoms with Crippen LogP contribution in [-0.4, -0.2) is 23.2 Å². The molecule has 1 heterocycles. The molecule has 0 aromatic carbocycles. The van der Waals surface area contributed by atoms with Gasteiger partial charge in [-0.15, -0.1) is 0 Å². The predicted octanol–water partition coefficient (Wildman–Crippen LogP) is 2.34. The maximum atomic E-state index is 13.0. The van der Waals surface area contributed by atoms with Crippen molar-refractivity contribution in [1.82, 2.24) is 4.98 Å². The van der Waals surface area contributed by atoms with E-state index in [0.717, 1.165) is 24.8 Å². The van der Waals surface area contributed by atoms with Gasteiger partial charge in [-0.25, -0.2) is 9.37 Å². The van der Waals surface area contributed by atoms with E-state index in [9.17, 15) is 9.50 Å². The minimum Gasteiger partial charge on any atom is -0.392 e. The van der Waals surface area contributed by atoms with Gasteiger partial charge < -0.3 is 10.0 Å². The zero-order valence-corrected chi connectivity index (χ0v) is 10.2. The fraction of sp³-hybridized carbons (Fsp3) is 0.615. The Morgan fingerprint density at radius 1 is 1.53 bits per heavy atom. The van der Waals surface area contributed by atoms with E-state index in [1.165, 1.54) is 31.5 Å². The van der Waals surface area contributed by atoms with Crippen LogP contribution in [0.2, 0.25) is 0 Å². The lowest BCUT2D eigenvalue weighted by molar-refractivity contribution is 0.279. The van der Waals surface area contributed by atoms with Gasteiger partial charge in [-0.2, -0.15) is 0 Å².